The van der Waals surface area contributed by atoms with E-state index in [9.17, 15) is 0 Å². The molecule has 4 rings (SSSR count). The number of anilines is 1. The van der Waals surface area contributed by atoms with E-state index < -0.39 is 0 Å². The van der Waals surface area contributed by atoms with Gasteiger partial charge in [0, 0.05) is 49.4 Å². The highest BCUT2D eigenvalue weighted by molar-refractivity contribution is 5.80. The van der Waals surface area contributed by atoms with Crippen molar-refractivity contribution in [2.75, 3.05) is 19.0 Å². The topological polar surface area (TPSA) is 19.4 Å². The van der Waals surface area contributed by atoms with Gasteiger partial charge in [-0.1, -0.05) is 46.9 Å². The summed E-state index contributed by atoms with van der Waals surface area (Å²) in [7, 11) is 4.05. The summed E-state index contributed by atoms with van der Waals surface area (Å²) in [6.07, 6.45) is 8.52. The maximum Gasteiger partial charge on any atom is 0.127 e. The molecule has 0 saturated carbocycles. The molecule has 0 bridgehead atoms. The van der Waals surface area contributed by atoms with E-state index in [1.54, 1.807) is 0 Å². The first-order valence-electron chi connectivity index (χ1n) is 11.9. The van der Waals surface area contributed by atoms with Gasteiger partial charge in [-0.05, 0) is 82.9 Å². The lowest BCUT2D eigenvalue weighted by atomic mass is 9.75. The first-order chi connectivity index (χ1) is 15.5. The molecule has 1 atom stereocenters. The Morgan fingerprint density at radius 1 is 1.18 bits per heavy atom. The molecule has 0 amide bonds. The lowest BCUT2D eigenvalue weighted by Gasteiger charge is -2.47. The standard InChI is InChI=1S/C30H37N3/c1-10-21-14-25-23(15-24(21)22-11-12-29(31-17-22)32(8)9)16-28(30(5,6)7)33-18-26(19(2)3)20(4)13-27(25)33/h11-15,17-18,28H,2,4,10,16H2,1,3,5-9H3. The van der Waals surface area contributed by atoms with Gasteiger partial charge in [0.1, 0.15) is 5.82 Å². The molecule has 2 aromatic rings. The molecule has 1 unspecified atom stereocenters. The highest BCUT2D eigenvalue weighted by Crippen LogP contribution is 2.45. The van der Waals surface area contributed by atoms with E-state index in [1.807, 2.05) is 25.2 Å². The zero-order chi connectivity index (χ0) is 24.1. The number of fused-ring (bicyclic) bond motifs is 3. The summed E-state index contributed by atoms with van der Waals surface area (Å²) in [6.45, 7) is 19.9. The van der Waals surface area contributed by atoms with Crippen molar-refractivity contribution in [1.29, 1.82) is 0 Å². The smallest absolute Gasteiger partial charge is 0.127 e. The molecule has 0 fully saturated rings. The molecule has 2 aliphatic rings. The first kappa shape index (κ1) is 23.1. The summed E-state index contributed by atoms with van der Waals surface area (Å²) < 4.78 is 0. The minimum absolute atomic E-state index is 0.116. The maximum absolute atomic E-state index is 4.68. The highest BCUT2D eigenvalue weighted by Gasteiger charge is 2.38. The van der Waals surface area contributed by atoms with Crippen molar-refractivity contribution in [3.8, 4) is 11.1 Å². The number of allylic oxidation sites excluding steroid dienone is 4. The van der Waals surface area contributed by atoms with Gasteiger partial charge < -0.3 is 9.80 Å². The second-order valence-electron chi connectivity index (χ2n) is 10.7. The third kappa shape index (κ3) is 4.17. The Bertz CT molecular complexity index is 1170. The van der Waals surface area contributed by atoms with E-state index >= 15 is 0 Å². The van der Waals surface area contributed by atoms with Crippen LogP contribution in [0.1, 0.15) is 51.3 Å². The molecule has 0 N–H and O–H groups in total. The largest absolute Gasteiger partial charge is 0.363 e. The van der Waals surface area contributed by atoms with E-state index in [2.05, 4.69) is 94.2 Å². The van der Waals surface area contributed by atoms with Crippen LogP contribution in [-0.4, -0.2) is 30.0 Å². The van der Waals surface area contributed by atoms with Crippen molar-refractivity contribution in [1.82, 2.24) is 9.88 Å². The van der Waals surface area contributed by atoms with Crippen molar-refractivity contribution in [3.05, 3.63) is 89.3 Å². The van der Waals surface area contributed by atoms with Crippen LogP contribution in [0.5, 0.6) is 0 Å². The summed E-state index contributed by atoms with van der Waals surface area (Å²) in [4.78, 5) is 9.19. The van der Waals surface area contributed by atoms with Crippen LogP contribution in [0.25, 0.3) is 16.8 Å². The van der Waals surface area contributed by atoms with Gasteiger partial charge >= 0.3 is 0 Å². The molecular weight excluding hydrogens is 402 g/mol. The average molecular weight is 440 g/mol. The van der Waals surface area contributed by atoms with Gasteiger partial charge in [0.25, 0.3) is 0 Å². The van der Waals surface area contributed by atoms with Gasteiger partial charge in [0.2, 0.25) is 0 Å². The second-order valence-corrected chi connectivity index (χ2v) is 10.7. The number of rotatable bonds is 4. The summed E-state index contributed by atoms with van der Waals surface area (Å²) in [5.41, 5.74) is 11.2. The van der Waals surface area contributed by atoms with E-state index in [1.165, 1.54) is 33.5 Å². The van der Waals surface area contributed by atoms with Gasteiger partial charge in [0.15, 0.2) is 0 Å². The molecular formula is C30H37N3. The SMILES string of the molecule is C=C(C)C1=CN2C(=CC1=C)c1cc(CC)c(-c3ccc(N(C)C)nc3)cc1CC2C(C)(C)C. The Balaban J connectivity index is 1.87. The number of hydrogen-bond donors (Lipinski definition) is 0. The number of nitrogens with zero attached hydrogens (tertiary/aromatic N) is 3. The van der Waals surface area contributed by atoms with Crippen molar-refractivity contribution < 1.29 is 0 Å². The summed E-state index contributed by atoms with van der Waals surface area (Å²) in [6, 6.07) is 9.47. The molecule has 0 saturated heterocycles. The van der Waals surface area contributed by atoms with Crippen LogP contribution in [0.4, 0.5) is 5.82 Å². The maximum atomic E-state index is 4.68. The quantitative estimate of drug-likeness (QED) is 0.510. The molecule has 1 aromatic heterocycles. The number of aromatic nitrogens is 1. The third-order valence-electron chi connectivity index (χ3n) is 6.91. The molecule has 0 radical (unpaired) electrons. The van der Waals surface area contributed by atoms with Gasteiger partial charge in [-0.2, -0.15) is 0 Å². The second kappa shape index (κ2) is 8.37. The number of hydrogen-bond acceptors (Lipinski definition) is 3. The van der Waals surface area contributed by atoms with Gasteiger partial charge in [0.05, 0.1) is 0 Å². The van der Waals surface area contributed by atoms with Gasteiger partial charge in [-0.15, -0.1) is 0 Å². The molecule has 1 aromatic carbocycles. The van der Waals surface area contributed by atoms with E-state index in [4.69, 9.17) is 0 Å². The molecule has 0 aliphatic carbocycles. The average Bonchev–Trinajstić information content (AvgIpc) is 2.76. The number of aryl methyl sites for hydroxylation is 1. The van der Waals surface area contributed by atoms with Gasteiger partial charge in [-0.25, -0.2) is 4.98 Å². The predicted molar refractivity (Wildman–Crippen MR) is 142 cm³/mol. The lowest BCUT2D eigenvalue weighted by molar-refractivity contribution is 0.189. The fourth-order valence-electron chi connectivity index (χ4n) is 4.97. The van der Waals surface area contributed by atoms with Crippen LogP contribution in [0.3, 0.4) is 0 Å². The normalized spacial score (nSPS) is 17.7. The molecule has 0 spiro atoms. The van der Waals surface area contributed by atoms with Crippen LogP contribution in [0.15, 0.2) is 72.6 Å². The highest BCUT2D eigenvalue weighted by atomic mass is 15.2. The Morgan fingerprint density at radius 2 is 1.91 bits per heavy atom. The summed E-state index contributed by atoms with van der Waals surface area (Å²) >= 11 is 0. The van der Waals surface area contributed by atoms with Crippen molar-refractivity contribution in [2.24, 2.45) is 5.41 Å². The Morgan fingerprint density at radius 3 is 2.45 bits per heavy atom. The lowest BCUT2D eigenvalue weighted by Crippen LogP contribution is -2.45. The molecule has 33 heavy (non-hydrogen) atoms. The van der Waals surface area contributed by atoms with Gasteiger partial charge in [-0.3, -0.25) is 0 Å². The molecule has 3 heterocycles. The fraction of sp³-hybridized carbons (Fsp3) is 0.367. The van der Waals surface area contributed by atoms with E-state index in [0.717, 1.165) is 35.4 Å². The van der Waals surface area contributed by atoms with Crippen molar-refractivity contribution in [2.45, 2.75) is 53.5 Å². The predicted octanol–water partition coefficient (Wildman–Crippen LogP) is 7.02. The molecule has 172 valence electrons. The number of benzene rings is 1. The van der Waals surface area contributed by atoms with Crippen molar-refractivity contribution >= 4 is 11.5 Å². The van der Waals surface area contributed by atoms with E-state index in [0.29, 0.717) is 6.04 Å². The molecule has 3 heteroatoms. The first-order valence-corrected chi connectivity index (χ1v) is 11.9. The summed E-state index contributed by atoms with van der Waals surface area (Å²) in [5, 5.41) is 0. The van der Waals surface area contributed by atoms with Crippen LogP contribution >= 0.6 is 0 Å². The summed E-state index contributed by atoms with van der Waals surface area (Å²) in [5.74, 6) is 0.976. The minimum Gasteiger partial charge on any atom is -0.363 e. The third-order valence-corrected chi connectivity index (χ3v) is 6.91. The Kier molecular flexibility index (Phi) is 5.86. The Labute approximate surface area is 199 Å². The number of pyridine rings is 1. The molecule has 2 aliphatic heterocycles. The zero-order valence-corrected chi connectivity index (χ0v) is 21.3. The molecule has 3 nitrogen and oxygen atoms in total. The van der Waals surface area contributed by atoms with E-state index in [-0.39, 0.29) is 5.41 Å². The zero-order valence-electron chi connectivity index (χ0n) is 21.3. The van der Waals surface area contributed by atoms with Crippen LogP contribution in [0.2, 0.25) is 0 Å². The van der Waals surface area contributed by atoms with Crippen LogP contribution in [-0.2, 0) is 12.8 Å². The van der Waals surface area contributed by atoms with Crippen LogP contribution in [0, 0.1) is 5.41 Å². The fourth-order valence-corrected chi connectivity index (χ4v) is 4.97. The minimum atomic E-state index is 0.116. The Hall–Kier alpha value is -3.07. The van der Waals surface area contributed by atoms with Crippen LogP contribution < -0.4 is 4.90 Å². The van der Waals surface area contributed by atoms with Crippen molar-refractivity contribution in [3.63, 3.8) is 0 Å². The monoisotopic (exact) mass is 439 g/mol.